The summed E-state index contributed by atoms with van der Waals surface area (Å²) < 4.78 is 40.9. The minimum Gasteiger partial charge on any atom is -0.348 e. The number of hydrogen-bond donors (Lipinski definition) is 1. The van der Waals surface area contributed by atoms with Gasteiger partial charge in [0.25, 0.3) is 5.91 Å². The van der Waals surface area contributed by atoms with Crippen LogP contribution in [0.3, 0.4) is 0 Å². The molecule has 1 saturated heterocycles. The van der Waals surface area contributed by atoms with Crippen LogP contribution in [0.15, 0.2) is 83.8 Å². The molecule has 0 aliphatic carbocycles. The minimum atomic E-state index is -3.70. The van der Waals surface area contributed by atoms with Crippen LogP contribution in [0.2, 0.25) is 0 Å². The van der Waals surface area contributed by atoms with Gasteiger partial charge in [-0.15, -0.1) is 0 Å². The number of halogens is 1. The third kappa shape index (κ3) is 5.84. The van der Waals surface area contributed by atoms with E-state index in [1.807, 2.05) is 18.2 Å². The van der Waals surface area contributed by atoms with E-state index in [0.29, 0.717) is 26.2 Å². The number of rotatable bonds is 7. The standard InChI is InChI=1S/C25H26FN3O3S/c26-23-11-9-20(10-12-23)18-27-25(30)22-7-4-8-24(17-22)33(31,32)29-15-13-28(14-16-29)19-21-5-2-1-3-6-21/h1-12,17H,13-16,18-19H2,(H,27,30). The van der Waals surface area contributed by atoms with Crippen molar-refractivity contribution in [3.63, 3.8) is 0 Å². The molecular formula is C25H26FN3O3S. The fraction of sp³-hybridized carbons (Fsp3) is 0.240. The van der Waals surface area contributed by atoms with Crippen LogP contribution >= 0.6 is 0 Å². The Hall–Kier alpha value is -3.07. The largest absolute Gasteiger partial charge is 0.348 e. The topological polar surface area (TPSA) is 69.7 Å². The van der Waals surface area contributed by atoms with E-state index in [4.69, 9.17) is 0 Å². The zero-order chi connectivity index (χ0) is 23.3. The third-order valence-electron chi connectivity index (χ3n) is 5.68. The highest BCUT2D eigenvalue weighted by Crippen LogP contribution is 2.20. The van der Waals surface area contributed by atoms with Gasteiger partial charge in [-0.3, -0.25) is 9.69 Å². The van der Waals surface area contributed by atoms with Crippen molar-refractivity contribution < 1.29 is 17.6 Å². The first-order valence-electron chi connectivity index (χ1n) is 10.8. The average molecular weight is 468 g/mol. The summed E-state index contributed by atoms with van der Waals surface area (Å²) in [6, 6.07) is 22.0. The second-order valence-electron chi connectivity index (χ2n) is 8.00. The van der Waals surface area contributed by atoms with Gasteiger partial charge in [0.2, 0.25) is 10.0 Å². The number of piperazine rings is 1. The molecule has 3 aromatic rings. The Morgan fingerprint density at radius 3 is 2.24 bits per heavy atom. The second kappa shape index (κ2) is 10.2. The Kier molecular flexibility index (Phi) is 7.17. The van der Waals surface area contributed by atoms with Gasteiger partial charge in [0, 0.05) is 44.8 Å². The normalized spacial score (nSPS) is 15.3. The van der Waals surface area contributed by atoms with E-state index in [2.05, 4.69) is 22.3 Å². The Bertz CT molecular complexity index is 1190. The fourth-order valence-corrected chi connectivity index (χ4v) is 5.27. The predicted molar refractivity (Wildman–Crippen MR) is 124 cm³/mol. The number of carbonyl (C=O) groups is 1. The molecule has 0 saturated carbocycles. The Balaban J connectivity index is 1.37. The number of benzene rings is 3. The van der Waals surface area contributed by atoms with Crippen LogP contribution in [0.1, 0.15) is 21.5 Å². The van der Waals surface area contributed by atoms with Gasteiger partial charge in [0.05, 0.1) is 4.90 Å². The molecule has 0 atom stereocenters. The second-order valence-corrected chi connectivity index (χ2v) is 9.94. The summed E-state index contributed by atoms with van der Waals surface area (Å²) in [5, 5.41) is 2.75. The number of nitrogens with zero attached hydrogens (tertiary/aromatic N) is 2. The zero-order valence-electron chi connectivity index (χ0n) is 18.2. The van der Waals surface area contributed by atoms with Crippen molar-refractivity contribution >= 4 is 15.9 Å². The molecule has 1 N–H and O–H groups in total. The molecule has 1 heterocycles. The van der Waals surface area contributed by atoms with E-state index in [0.717, 1.165) is 12.1 Å². The first kappa shape index (κ1) is 23.1. The van der Waals surface area contributed by atoms with E-state index in [1.54, 1.807) is 24.3 Å². The lowest BCUT2D eigenvalue weighted by molar-refractivity contribution is 0.0950. The number of carbonyl (C=O) groups excluding carboxylic acids is 1. The third-order valence-corrected chi connectivity index (χ3v) is 7.58. The van der Waals surface area contributed by atoms with Gasteiger partial charge in [0.1, 0.15) is 5.82 Å². The molecule has 0 spiro atoms. The van der Waals surface area contributed by atoms with E-state index in [-0.39, 0.29) is 28.7 Å². The lowest BCUT2D eigenvalue weighted by Crippen LogP contribution is -2.48. The molecule has 0 radical (unpaired) electrons. The quantitative estimate of drug-likeness (QED) is 0.579. The van der Waals surface area contributed by atoms with Gasteiger partial charge in [-0.05, 0) is 41.5 Å². The molecule has 8 heteroatoms. The van der Waals surface area contributed by atoms with Crippen molar-refractivity contribution in [2.75, 3.05) is 26.2 Å². The molecule has 0 unspecified atom stereocenters. The fourth-order valence-electron chi connectivity index (χ4n) is 3.80. The van der Waals surface area contributed by atoms with Crippen LogP contribution in [-0.2, 0) is 23.1 Å². The summed E-state index contributed by atoms with van der Waals surface area (Å²) in [7, 11) is -3.70. The lowest BCUT2D eigenvalue weighted by Gasteiger charge is -2.34. The van der Waals surface area contributed by atoms with Gasteiger partial charge in [0.15, 0.2) is 0 Å². The molecule has 1 aliphatic heterocycles. The van der Waals surface area contributed by atoms with Crippen molar-refractivity contribution in [3.8, 4) is 0 Å². The van der Waals surface area contributed by atoms with Crippen LogP contribution in [0.5, 0.6) is 0 Å². The van der Waals surface area contributed by atoms with Crippen LogP contribution in [-0.4, -0.2) is 49.7 Å². The van der Waals surface area contributed by atoms with Crippen LogP contribution < -0.4 is 5.32 Å². The molecule has 33 heavy (non-hydrogen) atoms. The first-order valence-corrected chi connectivity index (χ1v) is 12.2. The highest BCUT2D eigenvalue weighted by atomic mass is 32.2. The molecular weight excluding hydrogens is 441 g/mol. The van der Waals surface area contributed by atoms with Crippen molar-refractivity contribution in [2.24, 2.45) is 0 Å². The summed E-state index contributed by atoms with van der Waals surface area (Å²) in [4.78, 5) is 14.9. The smallest absolute Gasteiger partial charge is 0.251 e. The van der Waals surface area contributed by atoms with Crippen molar-refractivity contribution in [1.82, 2.24) is 14.5 Å². The number of sulfonamides is 1. The predicted octanol–water partition coefficient (Wildman–Crippen LogP) is 3.26. The van der Waals surface area contributed by atoms with Gasteiger partial charge < -0.3 is 5.32 Å². The zero-order valence-corrected chi connectivity index (χ0v) is 19.0. The molecule has 1 fully saturated rings. The average Bonchev–Trinajstić information content (AvgIpc) is 2.84. The van der Waals surface area contributed by atoms with E-state index in [1.165, 1.54) is 34.1 Å². The maximum atomic E-state index is 13.2. The van der Waals surface area contributed by atoms with E-state index >= 15 is 0 Å². The van der Waals surface area contributed by atoms with Gasteiger partial charge in [-0.25, -0.2) is 12.8 Å². The number of nitrogens with one attached hydrogen (secondary N) is 1. The minimum absolute atomic E-state index is 0.105. The summed E-state index contributed by atoms with van der Waals surface area (Å²) in [5.41, 5.74) is 2.22. The highest BCUT2D eigenvalue weighted by Gasteiger charge is 2.29. The maximum absolute atomic E-state index is 13.2. The van der Waals surface area contributed by atoms with Gasteiger partial charge >= 0.3 is 0 Å². The molecule has 6 nitrogen and oxygen atoms in total. The number of amides is 1. The van der Waals surface area contributed by atoms with Crippen molar-refractivity contribution in [3.05, 3.63) is 101 Å². The molecule has 0 aromatic heterocycles. The summed E-state index contributed by atoms with van der Waals surface area (Å²) in [6.45, 7) is 3.10. The van der Waals surface area contributed by atoms with E-state index in [9.17, 15) is 17.6 Å². The monoisotopic (exact) mass is 467 g/mol. The Labute approximate surface area is 193 Å². The van der Waals surface area contributed by atoms with Crippen LogP contribution in [0.25, 0.3) is 0 Å². The first-order chi connectivity index (χ1) is 15.9. The van der Waals surface area contributed by atoms with Crippen LogP contribution in [0, 0.1) is 5.82 Å². The van der Waals surface area contributed by atoms with Gasteiger partial charge in [-0.1, -0.05) is 48.5 Å². The molecule has 1 aliphatic rings. The van der Waals surface area contributed by atoms with Gasteiger partial charge in [-0.2, -0.15) is 4.31 Å². The van der Waals surface area contributed by atoms with Crippen molar-refractivity contribution in [1.29, 1.82) is 0 Å². The maximum Gasteiger partial charge on any atom is 0.251 e. The summed E-state index contributed by atoms with van der Waals surface area (Å²) in [5.74, 6) is -0.729. The van der Waals surface area contributed by atoms with Crippen molar-refractivity contribution in [2.45, 2.75) is 18.0 Å². The molecule has 1 amide bonds. The molecule has 4 rings (SSSR count). The Morgan fingerprint density at radius 1 is 0.848 bits per heavy atom. The Morgan fingerprint density at radius 2 is 1.55 bits per heavy atom. The SMILES string of the molecule is O=C(NCc1ccc(F)cc1)c1cccc(S(=O)(=O)N2CCN(Cc3ccccc3)CC2)c1. The summed E-state index contributed by atoms with van der Waals surface area (Å²) in [6.07, 6.45) is 0. The molecule has 172 valence electrons. The highest BCUT2D eigenvalue weighted by molar-refractivity contribution is 7.89. The molecule has 0 bridgehead atoms. The van der Waals surface area contributed by atoms with Crippen LogP contribution in [0.4, 0.5) is 4.39 Å². The lowest BCUT2D eigenvalue weighted by atomic mass is 10.2. The molecule has 3 aromatic carbocycles. The number of hydrogen-bond acceptors (Lipinski definition) is 4. The van der Waals surface area contributed by atoms with E-state index < -0.39 is 10.0 Å². The summed E-state index contributed by atoms with van der Waals surface area (Å²) >= 11 is 0.